The van der Waals surface area contributed by atoms with Gasteiger partial charge in [-0.1, -0.05) is 0 Å². The summed E-state index contributed by atoms with van der Waals surface area (Å²) in [4.78, 5) is 3.68. The van der Waals surface area contributed by atoms with Gasteiger partial charge in [0.1, 0.15) is 24.5 Å². The Labute approximate surface area is 116 Å². The molecule has 0 aliphatic heterocycles. The average molecular weight is 287 g/mol. The van der Waals surface area contributed by atoms with E-state index in [1.54, 1.807) is 18.2 Å². The standard InChI is InChI=1S/C13H4F3N5/c14-13(15,16)9-1-2-11(8(3-9)4-17)21-7-20-10(5-18)12(21)6-19/h1-3,7H. The van der Waals surface area contributed by atoms with Crippen molar-refractivity contribution in [2.45, 2.75) is 6.18 Å². The molecule has 1 heterocycles. The number of aromatic nitrogens is 2. The Morgan fingerprint density at radius 3 is 2.29 bits per heavy atom. The monoisotopic (exact) mass is 287 g/mol. The first kappa shape index (κ1) is 14.1. The second kappa shape index (κ2) is 4.99. The van der Waals surface area contributed by atoms with E-state index >= 15 is 0 Å². The molecule has 2 rings (SSSR count). The Morgan fingerprint density at radius 2 is 1.76 bits per heavy atom. The van der Waals surface area contributed by atoms with Gasteiger partial charge in [-0.3, -0.25) is 4.57 Å². The minimum absolute atomic E-state index is 0.0519. The van der Waals surface area contributed by atoms with Crippen molar-refractivity contribution in [2.24, 2.45) is 0 Å². The summed E-state index contributed by atoms with van der Waals surface area (Å²) in [5, 5.41) is 26.8. The highest BCUT2D eigenvalue weighted by Gasteiger charge is 2.31. The molecule has 1 aromatic heterocycles. The Kier molecular flexibility index (Phi) is 3.35. The lowest BCUT2D eigenvalue weighted by atomic mass is 10.1. The Balaban J connectivity index is 2.68. The molecule has 0 N–H and O–H groups in total. The van der Waals surface area contributed by atoms with Crippen molar-refractivity contribution in [3.63, 3.8) is 0 Å². The number of hydrogen-bond acceptors (Lipinski definition) is 4. The predicted octanol–water partition coefficient (Wildman–Crippen LogP) is 2.51. The zero-order valence-corrected chi connectivity index (χ0v) is 10.2. The first-order valence-electron chi connectivity index (χ1n) is 5.41. The summed E-state index contributed by atoms with van der Waals surface area (Å²) in [7, 11) is 0. The van der Waals surface area contributed by atoms with Crippen molar-refractivity contribution in [2.75, 3.05) is 0 Å². The first-order chi connectivity index (χ1) is 9.92. The van der Waals surface area contributed by atoms with Gasteiger partial charge in [0.05, 0.1) is 16.8 Å². The molecule has 0 unspecified atom stereocenters. The third-order valence-electron chi connectivity index (χ3n) is 2.68. The van der Waals surface area contributed by atoms with E-state index in [9.17, 15) is 13.2 Å². The van der Waals surface area contributed by atoms with E-state index in [0.29, 0.717) is 6.07 Å². The highest BCUT2D eigenvalue weighted by Crippen LogP contribution is 2.31. The largest absolute Gasteiger partial charge is 0.416 e. The molecule has 2 aromatic rings. The van der Waals surface area contributed by atoms with Crippen LogP contribution in [0.15, 0.2) is 24.5 Å². The molecule has 0 saturated carbocycles. The molecule has 21 heavy (non-hydrogen) atoms. The van der Waals surface area contributed by atoms with E-state index < -0.39 is 11.7 Å². The topological polar surface area (TPSA) is 89.2 Å². The Hall–Kier alpha value is -3.31. The van der Waals surface area contributed by atoms with Crippen molar-refractivity contribution >= 4 is 0 Å². The number of alkyl halides is 3. The molecule has 0 fully saturated rings. The number of nitriles is 3. The van der Waals surface area contributed by atoms with Gasteiger partial charge in [-0.2, -0.15) is 29.0 Å². The Bertz CT molecular complexity index is 827. The van der Waals surface area contributed by atoms with Gasteiger partial charge in [-0.05, 0) is 18.2 Å². The second-order valence-corrected chi connectivity index (χ2v) is 3.88. The van der Waals surface area contributed by atoms with Gasteiger partial charge < -0.3 is 0 Å². The van der Waals surface area contributed by atoms with Crippen LogP contribution in [-0.4, -0.2) is 9.55 Å². The summed E-state index contributed by atoms with van der Waals surface area (Å²) >= 11 is 0. The van der Waals surface area contributed by atoms with Gasteiger partial charge in [0.15, 0.2) is 11.4 Å². The van der Waals surface area contributed by atoms with Crippen molar-refractivity contribution in [3.8, 4) is 23.9 Å². The molecule has 0 amide bonds. The molecule has 0 aliphatic rings. The molecule has 0 spiro atoms. The van der Waals surface area contributed by atoms with E-state index in [1.165, 1.54) is 0 Å². The van der Waals surface area contributed by atoms with Crippen LogP contribution in [0.4, 0.5) is 13.2 Å². The molecule has 1 aromatic carbocycles. The number of rotatable bonds is 1. The summed E-state index contributed by atoms with van der Waals surface area (Å²) in [6.45, 7) is 0. The van der Waals surface area contributed by atoms with E-state index in [2.05, 4.69) is 4.98 Å². The lowest BCUT2D eigenvalue weighted by Crippen LogP contribution is -2.07. The minimum Gasteiger partial charge on any atom is -0.288 e. The van der Waals surface area contributed by atoms with Crippen LogP contribution < -0.4 is 0 Å². The summed E-state index contributed by atoms with van der Waals surface area (Å²) in [6.07, 6.45) is -3.46. The van der Waals surface area contributed by atoms with E-state index in [1.807, 2.05) is 0 Å². The van der Waals surface area contributed by atoms with Crippen LogP contribution in [0.25, 0.3) is 5.69 Å². The lowest BCUT2D eigenvalue weighted by molar-refractivity contribution is -0.137. The fourth-order valence-electron chi connectivity index (χ4n) is 1.73. The van der Waals surface area contributed by atoms with Crippen LogP contribution in [0, 0.1) is 34.0 Å². The number of benzene rings is 1. The SMILES string of the molecule is N#Cc1cc(C(F)(F)F)ccc1-n1cnc(C#N)c1C#N. The highest BCUT2D eigenvalue weighted by atomic mass is 19.4. The van der Waals surface area contributed by atoms with Crippen molar-refractivity contribution in [1.82, 2.24) is 9.55 Å². The lowest BCUT2D eigenvalue weighted by Gasteiger charge is -2.10. The maximum Gasteiger partial charge on any atom is 0.416 e. The molecule has 0 aliphatic carbocycles. The van der Waals surface area contributed by atoms with Gasteiger partial charge in [0.25, 0.3) is 0 Å². The van der Waals surface area contributed by atoms with Crippen LogP contribution in [-0.2, 0) is 6.18 Å². The predicted molar refractivity (Wildman–Crippen MR) is 62.7 cm³/mol. The average Bonchev–Trinajstić information content (AvgIpc) is 2.88. The van der Waals surface area contributed by atoms with Crippen LogP contribution in [0.1, 0.15) is 22.5 Å². The first-order valence-corrected chi connectivity index (χ1v) is 5.41. The molecule has 0 saturated heterocycles. The third-order valence-corrected chi connectivity index (χ3v) is 2.68. The molecule has 0 bridgehead atoms. The van der Waals surface area contributed by atoms with Gasteiger partial charge in [0, 0.05) is 0 Å². The molecule has 5 nitrogen and oxygen atoms in total. The van der Waals surface area contributed by atoms with Gasteiger partial charge >= 0.3 is 6.18 Å². The summed E-state index contributed by atoms with van der Waals surface area (Å²) in [5.41, 5.74) is -1.50. The van der Waals surface area contributed by atoms with Crippen LogP contribution in [0.3, 0.4) is 0 Å². The van der Waals surface area contributed by atoms with Crippen LogP contribution in [0.5, 0.6) is 0 Å². The van der Waals surface area contributed by atoms with E-state index in [0.717, 1.165) is 23.0 Å². The summed E-state index contributed by atoms with van der Waals surface area (Å²) < 4.78 is 39.0. The molecular formula is C13H4F3N5. The number of halogens is 3. The quantitative estimate of drug-likeness (QED) is 0.805. The van der Waals surface area contributed by atoms with Crippen LogP contribution in [0.2, 0.25) is 0 Å². The van der Waals surface area contributed by atoms with Crippen molar-refractivity contribution in [1.29, 1.82) is 15.8 Å². The Morgan fingerprint density at radius 1 is 1.05 bits per heavy atom. The second-order valence-electron chi connectivity index (χ2n) is 3.88. The van der Waals surface area contributed by atoms with Gasteiger partial charge in [0.2, 0.25) is 0 Å². The fraction of sp³-hybridized carbons (Fsp3) is 0.0769. The fourth-order valence-corrected chi connectivity index (χ4v) is 1.73. The van der Waals surface area contributed by atoms with E-state index in [-0.39, 0.29) is 22.6 Å². The molecule has 0 radical (unpaired) electrons. The molecule has 102 valence electrons. The maximum absolute atomic E-state index is 12.6. The summed E-state index contributed by atoms with van der Waals surface area (Å²) in [6, 6.07) is 7.61. The normalized spacial score (nSPS) is 10.5. The van der Waals surface area contributed by atoms with Crippen molar-refractivity contribution in [3.05, 3.63) is 47.0 Å². The van der Waals surface area contributed by atoms with Gasteiger partial charge in [-0.25, -0.2) is 4.98 Å². The zero-order valence-electron chi connectivity index (χ0n) is 10.2. The smallest absolute Gasteiger partial charge is 0.288 e. The molecule has 0 atom stereocenters. The number of nitrogens with zero attached hydrogens (tertiary/aromatic N) is 5. The van der Waals surface area contributed by atoms with Gasteiger partial charge in [-0.15, -0.1) is 0 Å². The van der Waals surface area contributed by atoms with Crippen molar-refractivity contribution < 1.29 is 13.2 Å². The molecular weight excluding hydrogens is 283 g/mol. The summed E-state index contributed by atoms with van der Waals surface area (Å²) in [5.74, 6) is 0. The zero-order chi connectivity index (χ0) is 15.6. The third kappa shape index (κ3) is 2.41. The molecule has 8 heteroatoms. The van der Waals surface area contributed by atoms with E-state index in [4.69, 9.17) is 15.8 Å². The number of imidazole rings is 1. The van der Waals surface area contributed by atoms with Crippen LogP contribution >= 0.6 is 0 Å². The maximum atomic E-state index is 12.6. The number of hydrogen-bond donors (Lipinski definition) is 0. The minimum atomic E-state index is -4.57. The highest BCUT2D eigenvalue weighted by molar-refractivity contribution is 5.54.